The SMILES string of the molecule is Cc1ccc(OCc2csc(C)n2)c([C@@H](C)N)c1. The number of hydrogen-bond acceptors (Lipinski definition) is 4. The average Bonchev–Trinajstić information content (AvgIpc) is 2.73. The fraction of sp³-hybridized carbons (Fsp3) is 0.357. The molecule has 0 amide bonds. The topological polar surface area (TPSA) is 48.1 Å². The van der Waals surface area contributed by atoms with E-state index >= 15 is 0 Å². The third-order valence-corrected chi connectivity index (χ3v) is 3.52. The molecule has 18 heavy (non-hydrogen) atoms. The highest BCUT2D eigenvalue weighted by molar-refractivity contribution is 7.09. The Morgan fingerprint density at radius 1 is 1.39 bits per heavy atom. The summed E-state index contributed by atoms with van der Waals surface area (Å²) in [6.07, 6.45) is 0. The first-order valence-electron chi connectivity index (χ1n) is 5.96. The van der Waals surface area contributed by atoms with Crippen LogP contribution in [0.5, 0.6) is 5.75 Å². The molecule has 0 aliphatic rings. The molecule has 0 aliphatic carbocycles. The van der Waals surface area contributed by atoms with Crippen LogP contribution >= 0.6 is 11.3 Å². The fourth-order valence-corrected chi connectivity index (χ4v) is 2.38. The summed E-state index contributed by atoms with van der Waals surface area (Å²) in [4.78, 5) is 4.38. The molecular weight excluding hydrogens is 244 g/mol. The predicted octanol–water partition coefficient (Wildman–Crippen LogP) is 3.36. The number of rotatable bonds is 4. The van der Waals surface area contributed by atoms with E-state index in [2.05, 4.69) is 18.0 Å². The van der Waals surface area contributed by atoms with Gasteiger partial charge in [0.05, 0.1) is 10.7 Å². The first kappa shape index (κ1) is 13.1. The van der Waals surface area contributed by atoms with Gasteiger partial charge in [0.25, 0.3) is 0 Å². The van der Waals surface area contributed by atoms with E-state index in [9.17, 15) is 0 Å². The van der Waals surface area contributed by atoms with Crippen molar-refractivity contribution >= 4 is 11.3 Å². The largest absolute Gasteiger partial charge is 0.487 e. The van der Waals surface area contributed by atoms with Gasteiger partial charge in [0, 0.05) is 17.0 Å². The molecule has 1 aromatic carbocycles. The highest BCUT2D eigenvalue weighted by atomic mass is 32.1. The van der Waals surface area contributed by atoms with Crippen molar-refractivity contribution in [3.8, 4) is 5.75 Å². The summed E-state index contributed by atoms with van der Waals surface area (Å²) in [5, 5.41) is 3.08. The van der Waals surface area contributed by atoms with Gasteiger partial charge in [0.2, 0.25) is 0 Å². The quantitative estimate of drug-likeness (QED) is 0.919. The first-order valence-corrected chi connectivity index (χ1v) is 6.84. The third-order valence-electron chi connectivity index (χ3n) is 2.70. The summed E-state index contributed by atoms with van der Waals surface area (Å²) < 4.78 is 5.82. The molecule has 0 bridgehead atoms. The predicted molar refractivity (Wildman–Crippen MR) is 75.0 cm³/mol. The number of aryl methyl sites for hydroxylation is 2. The number of benzene rings is 1. The fourth-order valence-electron chi connectivity index (χ4n) is 1.78. The second kappa shape index (κ2) is 5.50. The van der Waals surface area contributed by atoms with Gasteiger partial charge in [-0.1, -0.05) is 17.7 Å². The van der Waals surface area contributed by atoms with E-state index in [1.807, 2.05) is 31.4 Å². The van der Waals surface area contributed by atoms with Gasteiger partial charge in [-0.15, -0.1) is 11.3 Å². The van der Waals surface area contributed by atoms with E-state index < -0.39 is 0 Å². The molecule has 0 saturated carbocycles. The van der Waals surface area contributed by atoms with Crippen LogP contribution in [0.25, 0.3) is 0 Å². The lowest BCUT2D eigenvalue weighted by Crippen LogP contribution is -2.08. The summed E-state index contributed by atoms with van der Waals surface area (Å²) >= 11 is 1.64. The maximum Gasteiger partial charge on any atom is 0.131 e. The summed E-state index contributed by atoms with van der Waals surface area (Å²) in [6.45, 7) is 6.51. The standard InChI is InChI=1S/C14H18N2OS/c1-9-4-5-14(13(6-9)10(2)15)17-7-12-8-18-11(3)16-12/h4-6,8,10H,7,15H2,1-3H3/t10-/m1/s1. The van der Waals surface area contributed by atoms with Crippen molar-refractivity contribution in [3.63, 3.8) is 0 Å². The van der Waals surface area contributed by atoms with Crippen LogP contribution in [-0.2, 0) is 6.61 Å². The van der Waals surface area contributed by atoms with Gasteiger partial charge in [-0.2, -0.15) is 0 Å². The Bertz CT molecular complexity index is 534. The maximum atomic E-state index is 5.96. The van der Waals surface area contributed by atoms with Crippen molar-refractivity contribution in [2.75, 3.05) is 0 Å². The van der Waals surface area contributed by atoms with Crippen LogP contribution in [0, 0.1) is 13.8 Å². The van der Waals surface area contributed by atoms with E-state index in [1.165, 1.54) is 5.56 Å². The Labute approximate surface area is 112 Å². The molecule has 0 unspecified atom stereocenters. The molecule has 0 aliphatic heterocycles. The second-order valence-corrected chi connectivity index (χ2v) is 5.54. The van der Waals surface area contributed by atoms with Gasteiger partial charge in [0.1, 0.15) is 12.4 Å². The van der Waals surface area contributed by atoms with Crippen LogP contribution in [0.2, 0.25) is 0 Å². The van der Waals surface area contributed by atoms with Gasteiger partial charge in [0.15, 0.2) is 0 Å². The van der Waals surface area contributed by atoms with E-state index in [0.29, 0.717) is 6.61 Å². The molecule has 1 heterocycles. The number of hydrogen-bond donors (Lipinski definition) is 1. The number of ether oxygens (including phenoxy) is 1. The number of aromatic nitrogens is 1. The van der Waals surface area contributed by atoms with Crippen LogP contribution in [0.4, 0.5) is 0 Å². The van der Waals surface area contributed by atoms with Crippen molar-refractivity contribution in [1.82, 2.24) is 4.98 Å². The maximum absolute atomic E-state index is 5.96. The summed E-state index contributed by atoms with van der Waals surface area (Å²) in [5.74, 6) is 0.848. The average molecular weight is 262 g/mol. The zero-order valence-electron chi connectivity index (χ0n) is 10.9. The number of nitrogens with zero attached hydrogens (tertiary/aromatic N) is 1. The minimum absolute atomic E-state index is 0.0305. The van der Waals surface area contributed by atoms with E-state index in [4.69, 9.17) is 10.5 Å². The van der Waals surface area contributed by atoms with Gasteiger partial charge in [-0.3, -0.25) is 0 Å². The number of thiazole rings is 1. The Balaban J connectivity index is 2.13. The molecule has 2 N–H and O–H groups in total. The molecule has 2 rings (SSSR count). The van der Waals surface area contributed by atoms with Crippen LogP contribution in [0.15, 0.2) is 23.6 Å². The first-order chi connectivity index (χ1) is 8.56. The summed E-state index contributed by atoms with van der Waals surface area (Å²) in [5.41, 5.74) is 9.17. The van der Waals surface area contributed by atoms with Crippen molar-refractivity contribution in [3.05, 3.63) is 45.4 Å². The minimum Gasteiger partial charge on any atom is -0.487 e. The molecule has 0 saturated heterocycles. The lowest BCUT2D eigenvalue weighted by atomic mass is 10.1. The van der Waals surface area contributed by atoms with Crippen molar-refractivity contribution in [2.45, 2.75) is 33.4 Å². The molecule has 2 aromatic rings. The third kappa shape index (κ3) is 3.09. The Hall–Kier alpha value is -1.39. The van der Waals surface area contributed by atoms with Gasteiger partial charge < -0.3 is 10.5 Å². The molecular formula is C14H18N2OS. The van der Waals surface area contributed by atoms with Crippen LogP contribution in [-0.4, -0.2) is 4.98 Å². The normalized spacial score (nSPS) is 12.4. The smallest absolute Gasteiger partial charge is 0.131 e. The molecule has 1 atom stereocenters. The lowest BCUT2D eigenvalue weighted by Gasteiger charge is -2.14. The van der Waals surface area contributed by atoms with Crippen molar-refractivity contribution in [1.29, 1.82) is 0 Å². The molecule has 1 aromatic heterocycles. The molecule has 96 valence electrons. The molecule has 4 heteroatoms. The number of nitrogens with two attached hydrogens (primary N) is 1. The molecule has 3 nitrogen and oxygen atoms in total. The molecule has 0 radical (unpaired) electrons. The van der Waals surface area contributed by atoms with Crippen molar-refractivity contribution in [2.24, 2.45) is 5.73 Å². The van der Waals surface area contributed by atoms with Crippen LogP contribution < -0.4 is 10.5 Å². The Morgan fingerprint density at radius 2 is 2.17 bits per heavy atom. The monoisotopic (exact) mass is 262 g/mol. The Kier molecular flexibility index (Phi) is 3.99. The highest BCUT2D eigenvalue weighted by Crippen LogP contribution is 2.26. The van der Waals surface area contributed by atoms with E-state index in [1.54, 1.807) is 11.3 Å². The van der Waals surface area contributed by atoms with E-state index in [-0.39, 0.29) is 6.04 Å². The van der Waals surface area contributed by atoms with Gasteiger partial charge in [-0.05, 0) is 26.8 Å². The Morgan fingerprint density at radius 3 is 2.78 bits per heavy atom. The van der Waals surface area contributed by atoms with E-state index in [0.717, 1.165) is 22.0 Å². The molecule has 0 fully saturated rings. The van der Waals surface area contributed by atoms with Crippen LogP contribution in [0.1, 0.15) is 34.8 Å². The summed E-state index contributed by atoms with van der Waals surface area (Å²) in [6, 6.07) is 6.06. The zero-order chi connectivity index (χ0) is 13.1. The van der Waals surface area contributed by atoms with Crippen molar-refractivity contribution < 1.29 is 4.74 Å². The second-order valence-electron chi connectivity index (χ2n) is 4.48. The summed E-state index contributed by atoms with van der Waals surface area (Å²) in [7, 11) is 0. The zero-order valence-corrected chi connectivity index (χ0v) is 11.8. The lowest BCUT2D eigenvalue weighted by molar-refractivity contribution is 0.297. The van der Waals surface area contributed by atoms with Gasteiger partial charge in [-0.25, -0.2) is 4.98 Å². The highest BCUT2D eigenvalue weighted by Gasteiger charge is 2.09. The minimum atomic E-state index is -0.0305. The van der Waals surface area contributed by atoms with Crippen LogP contribution in [0.3, 0.4) is 0 Å². The van der Waals surface area contributed by atoms with Gasteiger partial charge >= 0.3 is 0 Å². The molecule has 0 spiro atoms.